The number of aromatic nitrogens is 2. The average Bonchev–Trinajstić information content (AvgIpc) is 2.49. The van der Waals surface area contributed by atoms with Crippen molar-refractivity contribution in [3.05, 3.63) is 54.1 Å². The van der Waals surface area contributed by atoms with Crippen LogP contribution in [0.5, 0.6) is 0 Å². The number of nitrogens with zero attached hydrogens (tertiary/aromatic N) is 2. The van der Waals surface area contributed by atoms with Crippen LogP contribution in [0.15, 0.2) is 43.0 Å². The summed E-state index contributed by atoms with van der Waals surface area (Å²) in [4.78, 5) is 19.6. The summed E-state index contributed by atoms with van der Waals surface area (Å²) >= 11 is 0. The number of carbonyl (C=O) groups is 1. The molecule has 0 aliphatic heterocycles. The molecule has 0 spiro atoms. The van der Waals surface area contributed by atoms with Crippen LogP contribution in [0.1, 0.15) is 35.8 Å². The second-order valence-electron chi connectivity index (χ2n) is 4.48. The molecule has 1 aromatic heterocycles. The second-order valence-corrected chi connectivity index (χ2v) is 4.48. The van der Waals surface area contributed by atoms with Gasteiger partial charge in [0.1, 0.15) is 6.33 Å². The Bertz CT molecular complexity index is 554. The average molecular weight is 270 g/mol. The maximum absolute atomic E-state index is 11.9. The van der Waals surface area contributed by atoms with E-state index < -0.39 is 0 Å². The first-order chi connectivity index (χ1) is 9.70. The van der Waals surface area contributed by atoms with Crippen LogP contribution in [0.4, 0.5) is 5.69 Å². The van der Waals surface area contributed by atoms with E-state index >= 15 is 0 Å². The minimum atomic E-state index is -0.210. The molecular formula is C15H18N4O. The second kappa shape index (κ2) is 6.77. The van der Waals surface area contributed by atoms with Crippen LogP contribution in [0, 0.1) is 0 Å². The molecule has 0 aliphatic carbocycles. The van der Waals surface area contributed by atoms with Crippen LogP contribution in [-0.2, 0) is 0 Å². The van der Waals surface area contributed by atoms with E-state index in [1.807, 2.05) is 24.3 Å². The zero-order valence-corrected chi connectivity index (χ0v) is 11.6. The van der Waals surface area contributed by atoms with Crippen molar-refractivity contribution in [3.63, 3.8) is 0 Å². The number of carbonyl (C=O) groups excluding carboxylic acids is 1. The third-order valence-corrected chi connectivity index (χ3v) is 3.00. The van der Waals surface area contributed by atoms with Crippen molar-refractivity contribution in [2.75, 3.05) is 11.9 Å². The third-order valence-electron chi connectivity index (χ3n) is 3.00. The quantitative estimate of drug-likeness (QED) is 0.875. The Hall–Kier alpha value is -2.27. The maximum Gasteiger partial charge on any atom is 0.258 e. The van der Waals surface area contributed by atoms with Gasteiger partial charge in [0.25, 0.3) is 5.91 Å². The van der Waals surface area contributed by atoms with Gasteiger partial charge in [-0.05, 0) is 31.2 Å². The van der Waals surface area contributed by atoms with Crippen LogP contribution in [0.2, 0.25) is 0 Å². The minimum absolute atomic E-state index is 0.210. The van der Waals surface area contributed by atoms with Crippen molar-refractivity contribution in [2.24, 2.45) is 0 Å². The Morgan fingerprint density at radius 3 is 2.45 bits per heavy atom. The van der Waals surface area contributed by atoms with Gasteiger partial charge in [0.2, 0.25) is 0 Å². The summed E-state index contributed by atoms with van der Waals surface area (Å²) in [6, 6.07) is 8.09. The molecule has 0 bridgehead atoms. The molecule has 5 nitrogen and oxygen atoms in total. The van der Waals surface area contributed by atoms with Crippen LogP contribution < -0.4 is 10.6 Å². The number of rotatable bonds is 5. The van der Waals surface area contributed by atoms with E-state index in [9.17, 15) is 4.79 Å². The van der Waals surface area contributed by atoms with Crippen molar-refractivity contribution in [2.45, 2.75) is 19.9 Å². The third kappa shape index (κ3) is 3.61. The highest BCUT2D eigenvalue weighted by Gasteiger charge is 2.07. The molecule has 0 fully saturated rings. The molecule has 1 amide bonds. The summed E-state index contributed by atoms with van der Waals surface area (Å²) in [5.74, 6) is -0.210. The van der Waals surface area contributed by atoms with Gasteiger partial charge >= 0.3 is 0 Å². The van der Waals surface area contributed by atoms with Crippen molar-refractivity contribution < 1.29 is 4.79 Å². The molecular weight excluding hydrogens is 252 g/mol. The first-order valence-electron chi connectivity index (χ1n) is 6.60. The van der Waals surface area contributed by atoms with E-state index in [-0.39, 0.29) is 5.91 Å². The fraction of sp³-hybridized carbons (Fsp3) is 0.267. The van der Waals surface area contributed by atoms with Crippen LogP contribution in [-0.4, -0.2) is 22.4 Å². The maximum atomic E-state index is 11.9. The molecule has 1 aromatic carbocycles. The van der Waals surface area contributed by atoms with Crippen molar-refractivity contribution in [1.82, 2.24) is 15.3 Å². The standard InChI is InChI=1S/C15H18N4O/c1-3-18-11(2)12-4-6-14(7-5-12)19-15(20)13-8-16-10-17-9-13/h4-11,18H,3H2,1-2H3,(H,19,20). The predicted octanol–water partition coefficient (Wildman–Crippen LogP) is 2.40. The summed E-state index contributed by atoms with van der Waals surface area (Å²) in [6.07, 6.45) is 4.38. The van der Waals surface area contributed by atoms with Gasteiger partial charge in [-0.3, -0.25) is 4.79 Å². The van der Waals surface area contributed by atoms with E-state index in [1.54, 1.807) is 0 Å². The molecule has 5 heteroatoms. The molecule has 0 saturated carbocycles. The Morgan fingerprint density at radius 2 is 1.85 bits per heavy atom. The molecule has 0 aliphatic rings. The van der Waals surface area contributed by atoms with Crippen LogP contribution >= 0.6 is 0 Å². The minimum Gasteiger partial charge on any atom is -0.322 e. The summed E-state index contributed by atoms with van der Waals surface area (Å²) in [5.41, 5.74) is 2.39. The van der Waals surface area contributed by atoms with Crippen molar-refractivity contribution in [3.8, 4) is 0 Å². The molecule has 104 valence electrons. The molecule has 2 rings (SSSR count). The van der Waals surface area contributed by atoms with E-state index in [0.717, 1.165) is 12.2 Å². The topological polar surface area (TPSA) is 66.9 Å². The lowest BCUT2D eigenvalue weighted by Gasteiger charge is -2.13. The van der Waals surface area contributed by atoms with Gasteiger partial charge in [0.15, 0.2) is 0 Å². The molecule has 1 heterocycles. The highest BCUT2D eigenvalue weighted by Crippen LogP contribution is 2.16. The number of hydrogen-bond donors (Lipinski definition) is 2. The van der Waals surface area contributed by atoms with Gasteiger partial charge in [-0.15, -0.1) is 0 Å². The van der Waals surface area contributed by atoms with Crippen LogP contribution in [0.3, 0.4) is 0 Å². The molecule has 1 unspecified atom stereocenters. The summed E-state index contributed by atoms with van der Waals surface area (Å²) in [6.45, 7) is 5.11. The number of benzene rings is 1. The highest BCUT2D eigenvalue weighted by atomic mass is 16.1. The van der Waals surface area contributed by atoms with E-state index in [4.69, 9.17) is 0 Å². The number of anilines is 1. The monoisotopic (exact) mass is 270 g/mol. The van der Waals surface area contributed by atoms with Gasteiger partial charge in [-0.1, -0.05) is 19.1 Å². The molecule has 2 N–H and O–H groups in total. The molecule has 0 saturated heterocycles. The lowest BCUT2D eigenvalue weighted by atomic mass is 10.1. The van der Waals surface area contributed by atoms with E-state index in [2.05, 4.69) is 34.4 Å². The van der Waals surface area contributed by atoms with Gasteiger partial charge in [-0.25, -0.2) is 9.97 Å². The van der Waals surface area contributed by atoms with Crippen LogP contribution in [0.25, 0.3) is 0 Å². The zero-order chi connectivity index (χ0) is 14.4. The molecule has 2 aromatic rings. The molecule has 20 heavy (non-hydrogen) atoms. The summed E-state index contributed by atoms with van der Waals surface area (Å²) in [5, 5.41) is 6.16. The normalized spacial score (nSPS) is 11.9. The summed E-state index contributed by atoms with van der Waals surface area (Å²) in [7, 11) is 0. The van der Waals surface area contributed by atoms with Gasteiger partial charge in [0.05, 0.1) is 5.56 Å². The van der Waals surface area contributed by atoms with E-state index in [1.165, 1.54) is 24.3 Å². The Morgan fingerprint density at radius 1 is 1.20 bits per heavy atom. The number of hydrogen-bond acceptors (Lipinski definition) is 4. The van der Waals surface area contributed by atoms with E-state index in [0.29, 0.717) is 11.6 Å². The lowest BCUT2D eigenvalue weighted by Crippen LogP contribution is -2.17. The predicted molar refractivity (Wildman–Crippen MR) is 78.5 cm³/mol. The largest absolute Gasteiger partial charge is 0.322 e. The lowest BCUT2D eigenvalue weighted by molar-refractivity contribution is 0.102. The Balaban J connectivity index is 2.02. The molecule has 0 radical (unpaired) electrons. The molecule has 1 atom stereocenters. The Kier molecular flexibility index (Phi) is 4.79. The summed E-state index contributed by atoms with van der Waals surface area (Å²) < 4.78 is 0. The van der Waals surface area contributed by atoms with Crippen molar-refractivity contribution in [1.29, 1.82) is 0 Å². The number of nitrogens with one attached hydrogen (secondary N) is 2. The SMILES string of the molecule is CCNC(C)c1ccc(NC(=O)c2cncnc2)cc1. The van der Waals surface area contributed by atoms with Gasteiger partial charge < -0.3 is 10.6 Å². The first-order valence-corrected chi connectivity index (χ1v) is 6.60. The highest BCUT2D eigenvalue weighted by molar-refractivity contribution is 6.03. The van der Waals surface area contributed by atoms with Gasteiger partial charge in [-0.2, -0.15) is 0 Å². The zero-order valence-electron chi connectivity index (χ0n) is 11.6. The fourth-order valence-electron chi connectivity index (χ4n) is 1.90. The number of amides is 1. The van der Waals surface area contributed by atoms with Gasteiger partial charge in [0, 0.05) is 24.1 Å². The smallest absolute Gasteiger partial charge is 0.258 e. The van der Waals surface area contributed by atoms with Crippen molar-refractivity contribution >= 4 is 11.6 Å². The first kappa shape index (κ1) is 14.1. The Labute approximate surface area is 118 Å². The fourth-order valence-corrected chi connectivity index (χ4v) is 1.90.